The van der Waals surface area contributed by atoms with Gasteiger partial charge in [0.1, 0.15) is 5.82 Å². The number of nitrogens with one attached hydrogen (secondary N) is 2. The van der Waals surface area contributed by atoms with E-state index in [1.54, 1.807) is 18.2 Å². The van der Waals surface area contributed by atoms with E-state index in [0.717, 1.165) is 25.1 Å². The molecule has 0 bridgehead atoms. The van der Waals surface area contributed by atoms with Crippen LogP contribution in [0.1, 0.15) is 27.0 Å². The summed E-state index contributed by atoms with van der Waals surface area (Å²) in [5.41, 5.74) is 3.46. The molecule has 1 aliphatic heterocycles. The number of benzene rings is 2. The van der Waals surface area contributed by atoms with Crippen LogP contribution in [0.15, 0.2) is 42.5 Å². The number of amides is 1. The molecule has 108 valence electrons. The minimum Gasteiger partial charge on any atom is -0.348 e. The van der Waals surface area contributed by atoms with E-state index < -0.39 is 0 Å². The Hall–Kier alpha value is -2.20. The van der Waals surface area contributed by atoms with Gasteiger partial charge in [0.15, 0.2) is 0 Å². The van der Waals surface area contributed by atoms with Crippen molar-refractivity contribution >= 4 is 5.91 Å². The molecule has 1 heterocycles. The summed E-state index contributed by atoms with van der Waals surface area (Å²) in [6, 6.07) is 12.2. The lowest BCUT2D eigenvalue weighted by Crippen LogP contribution is -2.29. The molecule has 21 heavy (non-hydrogen) atoms. The molecule has 0 aliphatic carbocycles. The number of hydrogen-bond donors (Lipinski definition) is 2. The zero-order chi connectivity index (χ0) is 14.7. The lowest BCUT2D eigenvalue weighted by molar-refractivity contribution is 0.0949. The van der Waals surface area contributed by atoms with E-state index in [1.165, 1.54) is 11.6 Å². The molecule has 0 spiro atoms. The van der Waals surface area contributed by atoms with Crippen LogP contribution in [0.3, 0.4) is 0 Å². The maximum atomic E-state index is 13.6. The van der Waals surface area contributed by atoms with Crippen molar-refractivity contribution in [3.63, 3.8) is 0 Å². The molecule has 0 saturated heterocycles. The summed E-state index contributed by atoms with van der Waals surface area (Å²) in [7, 11) is 0. The van der Waals surface area contributed by atoms with Crippen molar-refractivity contribution in [3.8, 4) is 0 Å². The average molecular weight is 284 g/mol. The zero-order valence-corrected chi connectivity index (χ0v) is 11.7. The van der Waals surface area contributed by atoms with Gasteiger partial charge in [-0.3, -0.25) is 4.79 Å². The Morgan fingerprint density at radius 3 is 2.90 bits per heavy atom. The van der Waals surface area contributed by atoms with E-state index in [-0.39, 0.29) is 18.3 Å². The highest BCUT2D eigenvalue weighted by Gasteiger charge is 2.17. The van der Waals surface area contributed by atoms with Crippen LogP contribution in [-0.2, 0) is 19.5 Å². The summed E-state index contributed by atoms with van der Waals surface area (Å²) in [5.74, 6) is -0.436. The Morgan fingerprint density at radius 1 is 1.19 bits per heavy atom. The normalized spacial score (nSPS) is 13.6. The van der Waals surface area contributed by atoms with Crippen molar-refractivity contribution in [1.82, 2.24) is 10.6 Å². The van der Waals surface area contributed by atoms with Gasteiger partial charge in [-0.25, -0.2) is 4.39 Å². The second kappa shape index (κ2) is 6.06. The van der Waals surface area contributed by atoms with E-state index >= 15 is 0 Å². The molecule has 0 saturated carbocycles. The molecule has 1 aliphatic rings. The number of carbonyl (C=O) groups is 1. The number of rotatable bonds is 3. The smallest absolute Gasteiger partial charge is 0.251 e. The van der Waals surface area contributed by atoms with Gasteiger partial charge in [-0.05, 0) is 36.2 Å². The van der Waals surface area contributed by atoms with E-state index in [9.17, 15) is 9.18 Å². The Balaban J connectivity index is 1.76. The molecule has 0 atom stereocenters. The maximum absolute atomic E-state index is 13.6. The van der Waals surface area contributed by atoms with E-state index in [0.29, 0.717) is 11.1 Å². The van der Waals surface area contributed by atoms with Crippen LogP contribution in [0.25, 0.3) is 0 Å². The maximum Gasteiger partial charge on any atom is 0.251 e. The van der Waals surface area contributed by atoms with E-state index in [4.69, 9.17) is 0 Å². The summed E-state index contributed by atoms with van der Waals surface area (Å²) in [4.78, 5) is 12.3. The predicted molar refractivity (Wildman–Crippen MR) is 79.4 cm³/mol. The van der Waals surface area contributed by atoms with E-state index in [1.807, 2.05) is 18.2 Å². The Labute approximate surface area is 123 Å². The number of halogens is 1. The lowest BCUT2D eigenvalue weighted by atomic mass is 9.95. The van der Waals surface area contributed by atoms with Crippen LogP contribution in [0.4, 0.5) is 4.39 Å². The Morgan fingerprint density at radius 2 is 2.05 bits per heavy atom. The molecule has 2 aromatic rings. The van der Waals surface area contributed by atoms with Gasteiger partial charge in [-0.2, -0.15) is 0 Å². The second-order valence-corrected chi connectivity index (χ2v) is 5.14. The van der Waals surface area contributed by atoms with Gasteiger partial charge < -0.3 is 10.6 Å². The fourth-order valence-corrected chi connectivity index (χ4v) is 2.66. The Bertz CT molecular complexity index is 670. The molecule has 0 aromatic heterocycles. The van der Waals surface area contributed by atoms with Gasteiger partial charge in [0.05, 0.1) is 0 Å². The minimum absolute atomic E-state index is 0.142. The van der Waals surface area contributed by atoms with Crippen molar-refractivity contribution in [1.29, 1.82) is 0 Å². The van der Waals surface area contributed by atoms with Gasteiger partial charge in [-0.1, -0.05) is 30.3 Å². The molecular weight excluding hydrogens is 267 g/mol. The van der Waals surface area contributed by atoms with Gasteiger partial charge in [-0.15, -0.1) is 0 Å². The second-order valence-electron chi connectivity index (χ2n) is 5.14. The average Bonchev–Trinajstić information content (AvgIpc) is 2.53. The van der Waals surface area contributed by atoms with Crippen LogP contribution in [-0.4, -0.2) is 12.5 Å². The highest BCUT2D eigenvalue weighted by atomic mass is 19.1. The van der Waals surface area contributed by atoms with Crippen LogP contribution in [0.5, 0.6) is 0 Å². The van der Waals surface area contributed by atoms with Crippen molar-refractivity contribution in [2.45, 2.75) is 19.5 Å². The van der Waals surface area contributed by atoms with Gasteiger partial charge in [0, 0.05) is 24.2 Å². The fourth-order valence-electron chi connectivity index (χ4n) is 2.66. The van der Waals surface area contributed by atoms with Crippen molar-refractivity contribution < 1.29 is 9.18 Å². The first-order valence-corrected chi connectivity index (χ1v) is 7.09. The molecular formula is C17H17FN2O. The number of hydrogen-bond acceptors (Lipinski definition) is 2. The minimum atomic E-state index is -0.294. The fraction of sp³-hybridized carbons (Fsp3) is 0.235. The predicted octanol–water partition coefficient (Wildman–Crippen LogP) is 2.40. The molecule has 3 rings (SSSR count). The summed E-state index contributed by atoms with van der Waals surface area (Å²) in [5, 5.41) is 6.10. The summed E-state index contributed by atoms with van der Waals surface area (Å²) in [6.45, 7) is 1.88. The topological polar surface area (TPSA) is 41.1 Å². The number of fused-ring (bicyclic) bond motifs is 1. The zero-order valence-electron chi connectivity index (χ0n) is 11.7. The van der Waals surface area contributed by atoms with Crippen molar-refractivity contribution in [2.24, 2.45) is 0 Å². The summed E-state index contributed by atoms with van der Waals surface area (Å²) >= 11 is 0. The lowest BCUT2D eigenvalue weighted by Gasteiger charge is -2.20. The SMILES string of the molecule is O=C(NCc1ccccc1F)c1cccc2c1CCNC2. The van der Waals surface area contributed by atoms with Crippen LogP contribution in [0, 0.1) is 5.82 Å². The van der Waals surface area contributed by atoms with Gasteiger partial charge in [0.2, 0.25) is 0 Å². The molecule has 0 radical (unpaired) electrons. The molecule has 3 nitrogen and oxygen atoms in total. The summed E-state index contributed by atoms with van der Waals surface area (Å²) in [6.07, 6.45) is 0.846. The standard InChI is InChI=1S/C17H17FN2O/c18-16-7-2-1-4-13(16)11-20-17(21)15-6-3-5-12-10-19-9-8-14(12)15/h1-7,19H,8-11H2,(H,20,21). The Kier molecular flexibility index (Phi) is 3.97. The summed E-state index contributed by atoms with van der Waals surface area (Å²) < 4.78 is 13.6. The third kappa shape index (κ3) is 2.95. The molecule has 4 heteroatoms. The quantitative estimate of drug-likeness (QED) is 0.908. The van der Waals surface area contributed by atoms with Crippen LogP contribution in [0.2, 0.25) is 0 Å². The monoisotopic (exact) mass is 284 g/mol. The van der Waals surface area contributed by atoms with E-state index in [2.05, 4.69) is 10.6 Å². The van der Waals surface area contributed by atoms with Gasteiger partial charge >= 0.3 is 0 Å². The van der Waals surface area contributed by atoms with Crippen molar-refractivity contribution in [2.75, 3.05) is 6.54 Å². The molecule has 0 unspecified atom stereocenters. The van der Waals surface area contributed by atoms with Crippen molar-refractivity contribution in [3.05, 3.63) is 70.5 Å². The highest BCUT2D eigenvalue weighted by molar-refractivity contribution is 5.96. The van der Waals surface area contributed by atoms with Gasteiger partial charge in [0.25, 0.3) is 5.91 Å². The van der Waals surface area contributed by atoms with Crippen LogP contribution < -0.4 is 10.6 Å². The first kappa shape index (κ1) is 13.8. The molecule has 2 N–H and O–H groups in total. The molecule has 2 aromatic carbocycles. The third-order valence-electron chi connectivity index (χ3n) is 3.78. The highest BCUT2D eigenvalue weighted by Crippen LogP contribution is 2.18. The molecule has 1 amide bonds. The first-order valence-electron chi connectivity index (χ1n) is 7.09. The first-order chi connectivity index (χ1) is 10.3. The third-order valence-corrected chi connectivity index (χ3v) is 3.78. The van der Waals surface area contributed by atoms with Crippen LogP contribution >= 0.6 is 0 Å². The number of carbonyl (C=O) groups excluding carboxylic acids is 1. The largest absolute Gasteiger partial charge is 0.348 e. The molecule has 0 fully saturated rings.